The maximum Gasteiger partial charge on any atom is 0.408 e. The summed E-state index contributed by atoms with van der Waals surface area (Å²) >= 11 is 4.05. The summed E-state index contributed by atoms with van der Waals surface area (Å²) in [5, 5.41) is 5.31. The number of benzene rings is 1. The summed E-state index contributed by atoms with van der Waals surface area (Å²) in [7, 11) is 0. The number of hydrogen-bond donors (Lipinski definition) is 3. The number of rotatable bonds is 5. The van der Waals surface area contributed by atoms with Crippen LogP contribution in [0, 0.1) is 0 Å². The summed E-state index contributed by atoms with van der Waals surface area (Å²) in [4.78, 5) is 24.1. The molecule has 1 aromatic rings. The van der Waals surface area contributed by atoms with E-state index in [4.69, 9.17) is 4.74 Å². The lowest BCUT2D eigenvalue weighted by molar-refractivity contribution is -0.123. The van der Waals surface area contributed by atoms with E-state index in [1.54, 1.807) is 32.9 Å². The third kappa shape index (κ3) is 6.53. The van der Waals surface area contributed by atoms with Gasteiger partial charge >= 0.3 is 6.09 Å². The lowest BCUT2D eigenvalue weighted by atomic mass is 10.1. The van der Waals surface area contributed by atoms with Crippen LogP contribution in [0.5, 0.6) is 0 Å². The molecule has 1 rings (SSSR count). The first-order valence-electron chi connectivity index (χ1n) is 6.76. The first kappa shape index (κ1) is 17.4. The molecule has 0 aliphatic rings. The number of thiol groups is 1. The summed E-state index contributed by atoms with van der Waals surface area (Å²) in [5.74, 6) is 0.237. The number of carbonyl (C=O) groups is 2. The van der Waals surface area contributed by atoms with Gasteiger partial charge in [-0.25, -0.2) is 4.79 Å². The summed E-state index contributed by atoms with van der Waals surface area (Å²) < 4.78 is 5.20. The molecule has 6 heteroatoms. The van der Waals surface area contributed by atoms with Gasteiger partial charge in [0.15, 0.2) is 0 Å². The maximum atomic E-state index is 12.2. The number of amides is 2. The number of alkyl carbamates (subject to hydrolysis) is 1. The molecule has 2 N–H and O–H groups in total. The minimum Gasteiger partial charge on any atom is -0.444 e. The summed E-state index contributed by atoms with van der Waals surface area (Å²) in [6, 6.07) is 8.24. The SMILES string of the molecule is CC(C)(C)OC(=O)N[C@H](C(=O)NCCS)c1ccccc1. The van der Waals surface area contributed by atoms with Gasteiger partial charge in [-0.05, 0) is 26.3 Å². The van der Waals surface area contributed by atoms with Crippen molar-refractivity contribution in [2.24, 2.45) is 0 Å². The van der Waals surface area contributed by atoms with Crippen LogP contribution in [-0.2, 0) is 9.53 Å². The normalized spacial score (nSPS) is 12.4. The highest BCUT2D eigenvalue weighted by atomic mass is 32.1. The Morgan fingerprint density at radius 2 is 1.86 bits per heavy atom. The predicted octanol–water partition coefficient (Wildman–Crippen LogP) is 2.30. The van der Waals surface area contributed by atoms with Gasteiger partial charge in [-0.1, -0.05) is 30.3 Å². The van der Waals surface area contributed by atoms with Gasteiger partial charge in [0.2, 0.25) is 5.91 Å². The Morgan fingerprint density at radius 1 is 1.24 bits per heavy atom. The minimum absolute atomic E-state index is 0.291. The van der Waals surface area contributed by atoms with Crippen LogP contribution in [0.3, 0.4) is 0 Å². The lowest BCUT2D eigenvalue weighted by Crippen LogP contribution is -2.43. The fourth-order valence-corrected chi connectivity index (χ4v) is 1.76. The van der Waals surface area contributed by atoms with E-state index < -0.39 is 17.7 Å². The third-order valence-corrected chi connectivity index (χ3v) is 2.69. The van der Waals surface area contributed by atoms with Gasteiger partial charge in [-0.2, -0.15) is 12.6 Å². The molecule has 116 valence electrons. The number of hydrogen-bond acceptors (Lipinski definition) is 4. The van der Waals surface area contributed by atoms with Crippen molar-refractivity contribution in [2.45, 2.75) is 32.4 Å². The maximum absolute atomic E-state index is 12.2. The zero-order chi connectivity index (χ0) is 15.9. The van der Waals surface area contributed by atoms with Crippen LogP contribution in [0.1, 0.15) is 32.4 Å². The predicted molar refractivity (Wildman–Crippen MR) is 85.4 cm³/mol. The fraction of sp³-hybridized carbons (Fsp3) is 0.467. The van der Waals surface area contributed by atoms with Gasteiger partial charge in [0, 0.05) is 12.3 Å². The van der Waals surface area contributed by atoms with Gasteiger partial charge in [0.05, 0.1) is 0 Å². The molecule has 1 aromatic carbocycles. The average Bonchev–Trinajstić information content (AvgIpc) is 2.41. The van der Waals surface area contributed by atoms with Crippen molar-refractivity contribution in [2.75, 3.05) is 12.3 Å². The molecule has 0 saturated carbocycles. The van der Waals surface area contributed by atoms with Crippen LogP contribution in [-0.4, -0.2) is 29.9 Å². The molecule has 0 spiro atoms. The Bertz CT molecular complexity index is 472. The Morgan fingerprint density at radius 3 is 2.38 bits per heavy atom. The zero-order valence-corrected chi connectivity index (χ0v) is 13.4. The second-order valence-corrected chi connectivity index (χ2v) is 5.95. The number of carbonyl (C=O) groups excluding carboxylic acids is 2. The average molecular weight is 310 g/mol. The van der Waals surface area contributed by atoms with Crippen molar-refractivity contribution in [3.63, 3.8) is 0 Å². The van der Waals surface area contributed by atoms with E-state index in [9.17, 15) is 9.59 Å². The Kier molecular flexibility index (Phi) is 6.55. The number of nitrogens with one attached hydrogen (secondary N) is 2. The van der Waals surface area contributed by atoms with Gasteiger partial charge in [-0.3, -0.25) is 4.79 Å². The number of ether oxygens (including phenoxy) is 1. The third-order valence-electron chi connectivity index (χ3n) is 2.47. The highest BCUT2D eigenvalue weighted by Crippen LogP contribution is 2.14. The summed E-state index contributed by atoms with van der Waals surface area (Å²) in [6.07, 6.45) is -0.627. The van der Waals surface area contributed by atoms with Crippen molar-refractivity contribution in [3.05, 3.63) is 35.9 Å². The molecule has 0 fully saturated rings. The highest BCUT2D eigenvalue weighted by molar-refractivity contribution is 7.80. The molecular weight excluding hydrogens is 288 g/mol. The molecule has 21 heavy (non-hydrogen) atoms. The molecule has 5 nitrogen and oxygen atoms in total. The van der Waals surface area contributed by atoms with E-state index in [1.807, 2.05) is 18.2 Å². The molecule has 2 amide bonds. The largest absolute Gasteiger partial charge is 0.444 e. The van der Waals surface area contributed by atoms with Crippen molar-refractivity contribution < 1.29 is 14.3 Å². The molecule has 0 bridgehead atoms. The molecule has 0 aliphatic heterocycles. The van der Waals surface area contributed by atoms with Gasteiger partial charge in [0.1, 0.15) is 11.6 Å². The second-order valence-electron chi connectivity index (χ2n) is 5.50. The Labute approximate surface area is 130 Å². The van der Waals surface area contributed by atoms with Crippen LogP contribution in [0.15, 0.2) is 30.3 Å². The van der Waals surface area contributed by atoms with Gasteiger partial charge in [-0.15, -0.1) is 0 Å². The van der Waals surface area contributed by atoms with E-state index in [0.29, 0.717) is 17.9 Å². The van der Waals surface area contributed by atoms with Crippen LogP contribution < -0.4 is 10.6 Å². The van der Waals surface area contributed by atoms with Crippen molar-refractivity contribution >= 4 is 24.6 Å². The van der Waals surface area contributed by atoms with E-state index in [1.165, 1.54) is 0 Å². The van der Waals surface area contributed by atoms with E-state index >= 15 is 0 Å². The van der Waals surface area contributed by atoms with Crippen LogP contribution in [0.2, 0.25) is 0 Å². The fourth-order valence-electron chi connectivity index (χ4n) is 1.65. The molecule has 1 atom stereocenters. The molecule has 0 radical (unpaired) electrons. The van der Waals surface area contributed by atoms with E-state index in [-0.39, 0.29) is 5.91 Å². The summed E-state index contributed by atoms with van der Waals surface area (Å²) in [5.41, 5.74) is 0.0763. The quantitative estimate of drug-likeness (QED) is 0.731. The van der Waals surface area contributed by atoms with Crippen molar-refractivity contribution in [1.82, 2.24) is 10.6 Å². The first-order chi connectivity index (χ1) is 9.83. The summed E-state index contributed by atoms with van der Waals surface area (Å²) in [6.45, 7) is 5.74. The molecule has 0 aliphatic carbocycles. The van der Waals surface area contributed by atoms with Gasteiger partial charge < -0.3 is 15.4 Å². The van der Waals surface area contributed by atoms with Crippen LogP contribution >= 0.6 is 12.6 Å². The Hall–Kier alpha value is -1.69. The smallest absolute Gasteiger partial charge is 0.408 e. The lowest BCUT2D eigenvalue weighted by Gasteiger charge is -2.23. The molecule has 0 aromatic heterocycles. The van der Waals surface area contributed by atoms with E-state index in [2.05, 4.69) is 23.3 Å². The second kappa shape index (κ2) is 7.93. The van der Waals surface area contributed by atoms with Gasteiger partial charge in [0.25, 0.3) is 0 Å². The highest BCUT2D eigenvalue weighted by Gasteiger charge is 2.25. The van der Waals surface area contributed by atoms with Crippen LogP contribution in [0.4, 0.5) is 4.79 Å². The van der Waals surface area contributed by atoms with Crippen molar-refractivity contribution in [1.29, 1.82) is 0 Å². The minimum atomic E-state index is -0.791. The van der Waals surface area contributed by atoms with Crippen molar-refractivity contribution in [3.8, 4) is 0 Å². The molecule has 0 heterocycles. The zero-order valence-electron chi connectivity index (χ0n) is 12.6. The van der Waals surface area contributed by atoms with E-state index in [0.717, 1.165) is 0 Å². The standard InChI is InChI=1S/C15H22N2O3S/c1-15(2,3)20-14(19)17-12(13(18)16-9-10-21)11-7-5-4-6-8-11/h4-8,12,21H,9-10H2,1-3H3,(H,16,18)(H,17,19)/t12-/m0/s1. The molecule has 0 saturated heterocycles. The molecule has 0 unspecified atom stereocenters. The first-order valence-corrected chi connectivity index (χ1v) is 7.40. The molecular formula is C15H22N2O3S. The Balaban J connectivity index is 2.82. The monoisotopic (exact) mass is 310 g/mol. The van der Waals surface area contributed by atoms with Crippen LogP contribution in [0.25, 0.3) is 0 Å². The topological polar surface area (TPSA) is 67.4 Å².